The summed E-state index contributed by atoms with van der Waals surface area (Å²) in [6.07, 6.45) is 0. The minimum absolute atomic E-state index is 0.103. The Kier molecular flexibility index (Phi) is 3.61. The predicted molar refractivity (Wildman–Crippen MR) is 62.7 cm³/mol. The van der Waals surface area contributed by atoms with E-state index < -0.39 is 0 Å². The van der Waals surface area contributed by atoms with Crippen LogP contribution in [0.15, 0.2) is 22.7 Å². The Hall–Kier alpha value is -1.59. The largest absolute Gasteiger partial charge is 0.506 e. The number of aromatic nitrogens is 2. The molecule has 0 amide bonds. The van der Waals surface area contributed by atoms with E-state index >= 15 is 0 Å². The molecule has 0 saturated heterocycles. The van der Waals surface area contributed by atoms with Gasteiger partial charge in [-0.25, -0.2) is 0 Å². The second kappa shape index (κ2) is 5.16. The van der Waals surface area contributed by atoms with Crippen molar-refractivity contribution in [3.05, 3.63) is 40.5 Å². The zero-order valence-corrected chi connectivity index (χ0v) is 10.0. The summed E-state index contributed by atoms with van der Waals surface area (Å²) in [5.41, 5.74) is 0.734. The van der Waals surface area contributed by atoms with Crippen molar-refractivity contribution >= 4 is 11.6 Å². The van der Waals surface area contributed by atoms with E-state index in [9.17, 15) is 5.11 Å². The Labute approximate surface area is 103 Å². The summed E-state index contributed by atoms with van der Waals surface area (Å²) in [6.45, 7) is 2.70. The second-order valence-electron chi connectivity index (χ2n) is 3.58. The van der Waals surface area contributed by atoms with Gasteiger partial charge in [0.2, 0.25) is 5.89 Å². The van der Waals surface area contributed by atoms with Crippen LogP contribution < -0.4 is 5.32 Å². The zero-order chi connectivity index (χ0) is 12.3. The van der Waals surface area contributed by atoms with Crippen molar-refractivity contribution in [3.8, 4) is 5.75 Å². The van der Waals surface area contributed by atoms with Crippen LogP contribution in [0.5, 0.6) is 5.75 Å². The average Bonchev–Trinajstić information content (AvgIpc) is 2.70. The molecule has 0 atom stereocenters. The summed E-state index contributed by atoms with van der Waals surface area (Å²) in [5.74, 6) is 1.22. The third-order valence-corrected chi connectivity index (χ3v) is 2.54. The fraction of sp³-hybridized carbons (Fsp3) is 0.273. The van der Waals surface area contributed by atoms with Gasteiger partial charge in [0, 0.05) is 19.0 Å². The smallest absolute Gasteiger partial charge is 0.223 e. The van der Waals surface area contributed by atoms with Crippen LogP contribution in [0.4, 0.5) is 0 Å². The summed E-state index contributed by atoms with van der Waals surface area (Å²) >= 11 is 5.80. The minimum atomic E-state index is 0.103. The molecular weight excluding hydrogens is 242 g/mol. The van der Waals surface area contributed by atoms with E-state index in [-0.39, 0.29) is 5.75 Å². The lowest BCUT2D eigenvalue weighted by molar-refractivity contribution is 0.385. The molecule has 90 valence electrons. The number of aryl methyl sites for hydroxylation is 1. The Morgan fingerprint density at radius 1 is 1.41 bits per heavy atom. The summed E-state index contributed by atoms with van der Waals surface area (Å²) < 4.78 is 4.84. The Morgan fingerprint density at radius 3 is 2.94 bits per heavy atom. The van der Waals surface area contributed by atoms with Crippen molar-refractivity contribution in [3.63, 3.8) is 0 Å². The lowest BCUT2D eigenvalue weighted by atomic mass is 10.2. The second-order valence-corrected chi connectivity index (χ2v) is 3.99. The summed E-state index contributed by atoms with van der Waals surface area (Å²) in [4.78, 5) is 4.05. The predicted octanol–water partition coefficient (Wildman–Crippen LogP) is 2.03. The lowest BCUT2D eigenvalue weighted by Crippen LogP contribution is -2.13. The number of rotatable bonds is 4. The highest BCUT2D eigenvalue weighted by Gasteiger charge is 2.06. The van der Waals surface area contributed by atoms with Gasteiger partial charge in [-0.05, 0) is 6.07 Å². The molecular formula is C11H12ClN3O2. The number of phenolic OH excluding ortho intramolecular Hbond substituents is 1. The van der Waals surface area contributed by atoms with E-state index in [1.54, 1.807) is 25.1 Å². The molecule has 0 aliphatic carbocycles. The molecule has 5 nitrogen and oxygen atoms in total. The first-order valence-electron chi connectivity index (χ1n) is 5.13. The topological polar surface area (TPSA) is 71.2 Å². The first kappa shape index (κ1) is 11.9. The molecule has 0 unspecified atom stereocenters. The SMILES string of the molecule is Cc1nc(CNCc2cccc(Cl)c2O)no1. The summed E-state index contributed by atoms with van der Waals surface area (Å²) in [6, 6.07) is 5.23. The molecule has 0 aliphatic rings. The maximum Gasteiger partial charge on any atom is 0.223 e. The average molecular weight is 254 g/mol. The van der Waals surface area contributed by atoms with Crippen LogP contribution in [-0.2, 0) is 13.1 Å². The first-order valence-corrected chi connectivity index (χ1v) is 5.51. The lowest BCUT2D eigenvalue weighted by Gasteiger charge is -2.06. The Balaban J connectivity index is 1.92. The molecule has 0 spiro atoms. The number of benzene rings is 1. The van der Waals surface area contributed by atoms with E-state index in [0.29, 0.717) is 29.8 Å². The maximum absolute atomic E-state index is 9.68. The van der Waals surface area contributed by atoms with Gasteiger partial charge in [0.15, 0.2) is 5.82 Å². The number of para-hydroxylation sites is 1. The summed E-state index contributed by atoms with van der Waals surface area (Å²) in [7, 11) is 0. The van der Waals surface area contributed by atoms with E-state index in [2.05, 4.69) is 15.5 Å². The molecule has 2 rings (SSSR count). The van der Waals surface area contributed by atoms with E-state index in [1.807, 2.05) is 0 Å². The van der Waals surface area contributed by atoms with Gasteiger partial charge in [0.05, 0.1) is 11.6 Å². The van der Waals surface area contributed by atoms with Crippen molar-refractivity contribution in [1.29, 1.82) is 0 Å². The molecule has 0 fully saturated rings. The number of phenols is 1. The number of aromatic hydroxyl groups is 1. The van der Waals surface area contributed by atoms with E-state index in [0.717, 1.165) is 5.56 Å². The standard InChI is InChI=1S/C11H12ClN3O2/c1-7-14-10(15-17-7)6-13-5-8-3-2-4-9(12)11(8)16/h2-4,13,16H,5-6H2,1H3. The molecule has 0 radical (unpaired) electrons. The number of hydrogen-bond acceptors (Lipinski definition) is 5. The Morgan fingerprint density at radius 2 is 2.24 bits per heavy atom. The van der Waals surface area contributed by atoms with Crippen LogP contribution in [0.1, 0.15) is 17.3 Å². The molecule has 2 N–H and O–H groups in total. The van der Waals surface area contributed by atoms with Crippen LogP contribution in [0.3, 0.4) is 0 Å². The molecule has 0 bridgehead atoms. The van der Waals surface area contributed by atoms with Gasteiger partial charge in [-0.2, -0.15) is 4.98 Å². The quantitative estimate of drug-likeness (QED) is 0.872. The maximum atomic E-state index is 9.68. The summed E-state index contributed by atoms with van der Waals surface area (Å²) in [5, 5.41) is 16.9. The van der Waals surface area contributed by atoms with Crippen molar-refractivity contribution in [2.75, 3.05) is 0 Å². The van der Waals surface area contributed by atoms with Gasteiger partial charge in [0.1, 0.15) is 5.75 Å². The van der Waals surface area contributed by atoms with Gasteiger partial charge < -0.3 is 14.9 Å². The van der Waals surface area contributed by atoms with Crippen LogP contribution in [0.25, 0.3) is 0 Å². The third-order valence-electron chi connectivity index (χ3n) is 2.24. The highest BCUT2D eigenvalue weighted by atomic mass is 35.5. The molecule has 1 heterocycles. The monoisotopic (exact) mass is 253 g/mol. The Bertz CT molecular complexity index is 513. The van der Waals surface area contributed by atoms with Crippen LogP contribution in [-0.4, -0.2) is 15.2 Å². The molecule has 17 heavy (non-hydrogen) atoms. The molecule has 6 heteroatoms. The highest BCUT2D eigenvalue weighted by Crippen LogP contribution is 2.26. The number of nitrogens with zero attached hydrogens (tertiary/aromatic N) is 2. The van der Waals surface area contributed by atoms with Crippen molar-refractivity contribution < 1.29 is 9.63 Å². The van der Waals surface area contributed by atoms with Crippen LogP contribution in [0, 0.1) is 6.92 Å². The van der Waals surface area contributed by atoms with E-state index in [4.69, 9.17) is 16.1 Å². The van der Waals surface area contributed by atoms with E-state index in [1.165, 1.54) is 0 Å². The van der Waals surface area contributed by atoms with Gasteiger partial charge >= 0.3 is 0 Å². The fourth-order valence-electron chi connectivity index (χ4n) is 1.42. The van der Waals surface area contributed by atoms with Crippen LogP contribution in [0.2, 0.25) is 5.02 Å². The van der Waals surface area contributed by atoms with Crippen molar-refractivity contribution in [1.82, 2.24) is 15.5 Å². The van der Waals surface area contributed by atoms with Crippen LogP contribution >= 0.6 is 11.6 Å². The minimum Gasteiger partial charge on any atom is -0.506 e. The number of halogens is 1. The van der Waals surface area contributed by atoms with Gasteiger partial charge in [-0.1, -0.05) is 28.9 Å². The van der Waals surface area contributed by atoms with Crippen molar-refractivity contribution in [2.45, 2.75) is 20.0 Å². The number of nitrogens with one attached hydrogen (secondary N) is 1. The van der Waals surface area contributed by atoms with Gasteiger partial charge in [-0.3, -0.25) is 0 Å². The van der Waals surface area contributed by atoms with Gasteiger partial charge in [-0.15, -0.1) is 0 Å². The first-order chi connectivity index (χ1) is 8.16. The zero-order valence-electron chi connectivity index (χ0n) is 9.27. The van der Waals surface area contributed by atoms with Gasteiger partial charge in [0.25, 0.3) is 0 Å². The number of hydrogen-bond donors (Lipinski definition) is 2. The normalized spacial score (nSPS) is 10.7. The molecule has 0 aliphatic heterocycles. The molecule has 1 aromatic heterocycles. The fourth-order valence-corrected chi connectivity index (χ4v) is 1.62. The van der Waals surface area contributed by atoms with Crippen molar-refractivity contribution in [2.24, 2.45) is 0 Å². The molecule has 1 aromatic carbocycles. The third kappa shape index (κ3) is 2.95. The molecule has 0 saturated carbocycles. The molecule has 2 aromatic rings. The highest BCUT2D eigenvalue weighted by molar-refractivity contribution is 6.32.